The van der Waals surface area contributed by atoms with Crippen LogP contribution in [0.25, 0.3) is 0 Å². The first-order valence-electron chi connectivity index (χ1n) is 19.3. The molecule has 0 radical (unpaired) electrons. The van der Waals surface area contributed by atoms with Gasteiger partial charge in [0.05, 0.1) is 159 Å². The third kappa shape index (κ3) is 50.1. The summed E-state index contributed by atoms with van der Waals surface area (Å²) in [5.41, 5.74) is 0. The first-order valence-corrected chi connectivity index (χ1v) is 28.6. The molecule has 0 saturated heterocycles. The molecule has 0 amide bonds. The third-order valence-electron chi connectivity index (χ3n) is 6.67. The lowest BCUT2D eigenvalue weighted by atomic mass is 10.5. The summed E-state index contributed by atoms with van der Waals surface area (Å²) < 4.78 is 83.8. The minimum atomic E-state index is -2.08. The van der Waals surface area contributed by atoms with E-state index in [-0.39, 0.29) is 14.9 Å². The van der Waals surface area contributed by atoms with E-state index in [4.69, 9.17) is 69.8 Å². The summed E-state index contributed by atoms with van der Waals surface area (Å²) in [7, 11) is -3.81. The molecule has 0 aliphatic carbocycles. The Morgan fingerprint density at radius 2 is 0.509 bits per heavy atom. The van der Waals surface area contributed by atoms with Crippen molar-refractivity contribution in [2.45, 2.75) is 73.1 Å². The summed E-state index contributed by atoms with van der Waals surface area (Å²) >= 11 is 0. The average Bonchev–Trinajstić information content (AvgIpc) is 3.07. The molecule has 0 aliphatic heterocycles. The van der Waals surface area contributed by atoms with E-state index in [1.807, 2.05) is 0 Å². The standard InChI is InChI=1S/C35H78O15Si3.2CH4/c1-36-11-12-38-15-16-40-19-20-42-23-24-44-27-28-46-31-32-48-34-33-47-30-29-45-26-25-43-22-21-41-18-17-39-14-13-37-10-9-35-52(5,6)50-53(7,8)49-51(2,3)4;;/h9-35H2,1-8H3;2*1H4. The van der Waals surface area contributed by atoms with E-state index in [9.17, 15) is 0 Å². The van der Waals surface area contributed by atoms with E-state index < -0.39 is 25.2 Å². The topological polar surface area (TPSA) is 138 Å². The number of hydrogen-bond acceptors (Lipinski definition) is 15. The maximum atomic E-state index is 6.54. The van der Waals surface area contributed by atoms with Crippen LogP contribution in [0.1, 0.15) is 21.3 Å². The number of hydrogen-bond donors (Lipinski definition) is 0. The van der Waals surface area contributed by atoms with Gasteiger partial charge in [-0.25, -0.2) is 0 Å². The Bertz CT molecular complexity index is 753. The molecule has 0 aromatic carbocycles. The zero-order chi connectivity index (χ0) is 39.2. The maximum Gasteiger partial charge on any atom is 0.311 e. The lowest BCUT2D eigenvalue weighted by Crippen LogP contribution is -2.51. The highest BCUT2D eigenvalue weighted by atomic mass is 28.5. The first kappa shape index (κ1) is 59.4. The second-order valence-corrected chi connectivity index (χ2v) is 26.6. The molecule has 336 valence electrons. The van der Waals surface area contributed by atoms with Crippen molar-refractivity contribution in [1.82, 2.24) is 0 Å². The number of rotatable bonds is 44. The summed E-state index contributed by atoms with van der Waals surface area (Å²) in [6.45, 7) is 29.0. The second kappa shape index (κ2) is 42.2. The van der Waals surface area contributed by atoms with Crippen LogP contribution in [0, 0.1) is 0 Å². The molecule has 0 rings (SSSR count). The van der Waals surface area contributed by atoms with Crippen LogP contribution in [-0.2, 0) is 69.8 Å². The molecule has 15 nitrogen and oxygen atoms in total. The zero-order valence-corrected chi connectivity index (χ0v) is 37.7. The Balaban J connectivity index is -0.0000135. The molecule has 0 spiro atoms. The molecule has 55 heavy (non-hydrogen) atoms. The van der Waals surface area contributed by atoms with Gasteiger partial charge in [-0.05, 0) is 58.3 Å². The quantitative estimate of drug-likeness (QED) is 0.0581. The molecule has 0 aromatic heterocycles. The van der Waals surface area contributed by atoms with Gasteiger partial charge in [-0.1, -0.05) is 14.9 Å². The molecule has 0 heterocycles. The van der Waals surface area contributed by atoms with Gasteiger partial charge in [0.25, 0.3) is 0 Å². The summed E-state index contributed by atoms with van der Waals surface area (Å²) in [6.07, 6.45) is 0.994. The first-order chi connectivity index (χ1) is 25.5. The van der Waals surface area contributed by atoms with Crippen LogP contribution in [0.5, 0.6) is 0 Å². The molecule has 0 fully saturated rings. The fourth-order valence-corrected chi connectivity index (χ4v) is 17.9. The highest BCUT2D eigenvalue weighted by Crippen LogP contribution is 2.23. The van der Waals surface area contributed by atoms with Crippen LogP contribution >= 0.6 is 0 Å². The van der Waals surface area contributed by atoms with Gasteiger partial charge in [0.2, 0.25) is 0 Å². The fraction of sp³-hybridized carbons (Fsp3) is 1.00. The van der Waals surface area contributed by atoms with Crippen molar-refractivity contribution in [1.29, 1.82) is 0 Å². The molecule has 0 bridgehead atoms. The Kier molecular flexibility index (Phi) is 45.5. The van der Waals surface area contributed by atoms with Gasteiger partial charge in [-0.3, -0.25) is 0 Å². The van der Waals surface area contributed by atoms with Crippen molar-refractivity contribution in [2.75, 3.05) is 172 Å². The molecule has 0 atom stereocenters. The normalized spacial score (nSPS) is 12.2. The van der Waals surface area contributed by atoms with Crippen molar-refractivity contribution in [3.05, 3.63) is 0 Å². The van der Waals surface area contributed by atoms with Crippen LogP contribution in [0.4, 0.5) is 0 Å². The van der Waals surface area contributed by atoms with Gasteiger partial charge in [-0.2, -0.15) is 0 Å². The van der Waals surface area contributed by atoms with Gasteiger partial charge in [0.15, 0.2) is 16.6 Å². The van der Waals surface area contributed by atoms with Crippen molar-refractivity contribution < 1.29 is 69.8 Å². The van der Waals surface area contributed by atoms with Crippen LogP contribution < -0.4 is 0 Å². The Labute approximate surface area is 339 Å². The van der Waals surface area contributed by atoms with Gasteiger partial charge in [0, 0.05) is 13.7 Å². The second-order valence-electron chi connectivity index (χ2n) is 13.9. The minimum absolute atomic E-state index is 0. The molecular formula is C37H86O15Si3. The van der Waals surface area contributed by atoms with Crippen LogP contribution in [0.2, 0.25) is 51.9 Å². The Morgan fingerprint density at radius 1 is 0.291 bits per heavy atom. The lowest BCUT2D eigenvalue weighted by molar-refractivity contribution is -0.0287. The number of ether oxygens (including phenoxy) is 13. The third-order valence-corrected chi connectivity index (χ3v) is 16.8. The molecule has 18 heteroatoms. The van der Waals surface area contributed by atoms with Crippen molar-refractivity contribution >= 4 is 25.2 Å². The highest BCUT2D eigenvalue weighted by molar-refractivity contribution is 6.87. The van der Waals surface area contributed by atoms with E-state index in [0.717, 1.165) is 19.1 Å². The molecule has 0 N–H and O–H groups in total. The Morgan fingerprint density at radius 3 is 0.727 bits per heavy atom. The lowest BCUT2D eigenvalue weighted by Gasteiger charge is -2.37. The van der Waals surface area contributed by atoms with Gasteiger partial charge in [-0.15, -0.1) is 0 Å². The van der Waals surface area contributed by atoms with E-state index in [0.29, 0.717) is 159 Å². The van der Waals surface area contributed by atoms with Crippen LogP contribution in [0.15, 0.2) is 0 Å². The number of methoxy groups -OCH3 is 1. The summed E-state index contributed by atoms with van der Waals surface area (Å²) in [6, 6.07) is 1.06. The predicted octanol–water partition coefficient (Wildman–Crippen LogP) is 5.27. The van der Waals surface area contributed by atoms with Crippen LogP contribution in [0.3, 0.4) is 0 Å². The van der Waals surface area contributed by atoms with Crippen molar-refractivity contribution in [3.63, 3.8) is 0 Å². The fourth-order valence-electron chi connectivity index (χ4n) is 4.74. The van der Waals surface area contributed by atoms with Crippen molar-refractivity contribution in [3.8, 4) is 0 Å². The van der Waals surface area contributed by atoms with Gasteiger partial charge in [0.1, 0.15) is 0 Å². The van der Waals surface area contributed by atoms with E-state index in [1.165, 1.54) is 0 Å². The smallest absolute Gasteiger partial charge is 0.311 e. The monoisotopic (exact) mass is 855 g/mol. The summed E-state index contributed by atoms with van der Waals surface area (Å²) in [4.78, 5) is 0. The van der Waals surface area contributed by atoms with Crippen molar-refractivity contribution in [2.24, 2.45) is 0 Å². The summed E-state index contributed by atoms with van der Waals surface area (Å²) in [5.74, 6) is 0. The molecule has 0 saturated carbocycles. The largest absolute Gasteiger partial charge is 0.437 e. The van der Waals surface area contributed by atoms with Gasteiger partial charge >= 0.3 is 8.56 Å². The molecule has 0 aliphatic rings. The van der Waals surface area contributed by atoms with Gasteiger partial charge < -0.3 is 69.8 Å². The highest BCUT2D eigenvalue weighted by Gasteiger charge is 2.37. The summed E-state index contributed by atoms with van der Waals surface area (Å²) in [5, 5.41) is 0. The molecular weight excluding hydrogens is 769 g/mol. The van der Waals surface area contributed by atoms with Crippen LogP contribution in [-0.4, -0.2) is 197 Å². The SMILES string of the molecule is C.C.COCCOCCOCCOCCOCCOCCOCCOCCOCCOCCOCCOCCOCCC[Si](C)(C)O[Si](C)(C)O[Si](C)(C)C. The zero-order valence-electron chi connectivity index (χ0n) is 34.7. The minimum Gasteiger partial charge on any atom is -0.437 e. The Hall–Kier alpha value is 0.0506. The maximum absolute atomic E-state index is 6.54. The molecule has 0 unspecified atom stereocenters. The molecule has 0 aromatic rings. The van der Waals surface area contributed by atoms with E-state index in [2.05, 4.69) is 45.8 Å². The average molecular weight is 855 g/mol. The van der Waals surface area contributed by atoms with E-state index >= 15 is 0 Å². The predicted molar refractivity (Wildman–Crippen MR) is 225 cm³/mol. The van der Waals surface area contributed by atoms with E-state index in [1.54, 1.807) is 7.11 Å².